The van der Waals surface area contributed by atoms with Crippen LogP contribution >= 0.6 is 15.9 Å². The van der Waals surface area contributed by atoms with Crippen molar-refractivity contribution >= 4 is 39.1 Å². The molecule has 0 saturated carbocycles. The van der Waals surface area contributed by atoms with Gasteiger partial charge in [0.05, 0.1) is 11.1 Å². The summed E-state index contributed by atoms with van der Waals surface area (Å²) in [4.78, 5) is 45.7. The fraction of sp³-hybridized carbons (Fsp3) is 0.133. The summed E-state index contributed by atoms with van der Waals surface area (Å²) >= 11 is 3.30. The van der Waals surface area contributed by atoms with Gasteiger partial charge in [-0.1, -0.05) is 15.9 Å². The molecule has 0 unspecified atom stereocenters. The monoisotopic (exact) mass is 408 g/mol. The predicted octanol–water partition coefficient (Wildman–Crippen LogP) is 1.57. The molecule has 10 heteroatoms. The average molecular weight is 409 g/mol. The minimum Gasteiger partial charge on any atom is -0.365 e. The van der Waals surface area contributed by atoms with Gasteiger partial charge in [-0.25, -0.2) is 0 Å². The number of nitrogens with one attached hydrogen (secondary N) is 1. The van der Waals surface area contributed by atoms with Gasteiger partial charge in [-0.15, -0.1) is 0 Å². The van der Waals surface area contributed by atoms with Gasteiger partial charge in [0.2, 0.25) is 5.91 Å². The van der Waals surface area contributed by atoms with Gasteiger partial charge in [0, 0.05) is 16.2 Å². The van der Waals surface area contributed by atoms with Crippen molar-refractivity contribution in [1.82, 2.24) is 4.57 Å². The molecule has 0 aliphatic rings. The number of nitro groups is 1. The molecule has 0 saturated heterocycles. The Morgan fingerprint density at radius 1 is 1.36 bits per heavy atom. The molecular formula is C15H13BrN4O5. The van der Waals surface area contributed by atoms with E-state index in [2.05, 4.69) is 21.2 Å². The number of aromatic nitrogens is 1. The lowest BCUT2D eigenvalue weighted by molar-refractivity contribution is -0.385. The third kappa shape index (κ3) is 4.29. The van der Waals surface area contributed by atoms with Crippen LogP contribution in [-0.2, 0) is 11.3 Å². The van der Waals surface area contributed by atoms with Gasteiger partial charge >= 0.3 is 0 Å². The Hall–Kier alpha value is -3.01. The first-order chi connectivity index (χ1) is 11.7. The van der Waals surface area contributed by atoms with Gasteiger partial charge < -0.3 is 11.1 Å². The number of carbonyl (C=O) groups is 2. The van der Waals surface area contributed by atoms with Crippen molar-refractivity contribution in [1.29, 1.82) is 0 Å². The van der Waals surface area contributed by atoms with E-state index < -0.39 is 40.1 Å². The first-order valence-electron chi connectivity index (χ1n) is 6.93. The maximum absolute atomic E-state index is 12.2. The highest BCUT2D eigenvalue weighted by atomic mass is 79.9. The Labute approximate surface area is 149 Å². The Balaban J connectivity index is 2.32. The summed E-state index contributed by atoms with van der Waals surface area (Å²) in [6, 6.07) is 5.98. The van der Waals surface area contributed by atoms with Crippen LogP contribution < -0.4 is 16.6 Å². The Kier molecular flexibility index (Phi) is 5.32. The van der Waals surface area contributed by atoms with E-state index in [1.807, 2.05) is 0 Å². The zero-order valence-electron chi connectivity index (χ0n) is 13.0. The number of rotatable bonds is 5. The van der Waals surface area contributed by atoms with Crippen LogP contribution in [0.3, 0.4) is 0 Å². The Bertz CT molecular complexity index is 938. The highest BCUT2D eigenvalue weighted by Gasteiger charge is 2.18. The second-order valence-electron chi connectivity index (χ2n) is 5.17. The number of hydrogen-bond donors (Lipinski definition) is 2. The van der Waals surface area contributed by atoms with E-state index in [4.69, 9.17) is 5.73 Å². The highest BCUT2D eigenvalue weighted by molar-refractivity contribution is 9.10. The van der Waals surface area contributed by atoms with E-state index in [0.29, 0.717) is 5.69 Å². The molecule has 1 heterocycles. The van der Waals surface area contributed by atoms with E-state index in [1.165, 1.54) is 0 Å². The van der Waals surface area contributed by atoms with Crippen molar-refractivity contribution in [3.05, 3.63) is 66.5 Å². The van der Waals surface area contributed by atoms with Crippen LogP contribution in [0, 0.1) is 17.0 Å². The van der Waals surface area contributed by atoms with Crippen molar-refractivity contribution in [2.24, 2.45) is 5.73 Å². The largest absolute Gasteiger partial charge is 0.365 e. The molecule has 2 rings (SSSR count). The molecule has 2 amide bonds. The zero-order valence-corrected chi connectivity index (χ0v) is 14.6. The number of aryl methyl sites for hydroxylation is 1. The van der Waals surface area contributed by atoms with E-state index in [1.54, 1.807) is 25.1 Å². The fourth-order valence-electron chi connectivity index (χ4n) is 2.13. The number of primary amides is 1. The average Bonchev–Trinajstić information content (AvgIpc) is 2.51. The van der Waals surface area contributed by atoms with Crippen molar-refractivity contribution in [3.63, 3.8) is 0 Å². The minimum absolute atomic E-state index is 0.504. The standard InChI is InChI=1S/C15H13BrN4O5/c1-8-4-9(16)2-3-12(8)18-13(21)7-19-6-10(20(24)25)5-11(14(17)22)15(19)23/h2-6H,7H2,1H3,(H2,17,22)(H,18,21). The molecule has 0 spiro atoms. The van der Waals surface area contributed by atoms with Crippen LogP contribution in [-0.4, -0.2) is 21.3 Å². The van der Waals surface area contributed by atoms with Crippen LogP contribution in [0.5, 0.6) is 0 Å². The molecule has 1 aromatic heterocycles. The molecule has 1 aromatic carbocycles. The third-order valence-electron chi connectivity index (χ3n) is 3.32. The fourth-order valence-corrected chi connectivity index (χ4v) is 2.60. The smallest absolute Gasteiger partial charge is 0.286 e. The van der Waals surface area contributed by atoms with Gasteiger partial charge in [0.25, 0.3) is 17.2 Å². The number of nitrogens with two attached hydrogens (primary N) is 1. The van der Waals surface area contributed by atoms with E-state index in [9.17, 15) is 24.5 Å². The van der Waals surface area contributed by atoms with Gasteiger partial charge in [-0.05, 0) is 30.7 Å². The molecule has 130 valence electrons. The number of benzene rings is 1. The molecule has 0 aliphatic heterocycles. The van der Waals surface area contributed by atoms with Crippen LogP contribution in [0.4, 0.5) is 11.4 Å². The summed E-state index contributed by atoms with van der Waals surface area (Å²) in [5.74, 6) is -1.69. The SMILES string of the molecule is Cc1cc(Br)ccc1NC(=O)Cn1cc([N+](=O)[O-])cc(C(N)=O)c1=O. The second kappa shape index (κ2) is 7.26. The maximum Gasteiger partial charge on any atom is 0.286 e. The summed E-state index contributed by atoms with van der Waals surface area (Å²) in [5, 5.41) is 13.5. The van der Waals surface area contributed by atoms with Crippen molar-refractivity contribution in [3.8, 4) is 0 Å². The number of hydrogen-bond acceptors (Lipinski definition) is 5. The lowest BCUT2D eigenvalue weighted by atomic mass is 10.2. The number of nitrogens with zero attached hydrogens (tertiary/aromatic N) is 2. The van der Waals surface area contributed by atoms with Crippen LogP contribution in [0.1, 0.15) is 15.9 Å². The number of pyridine rings is 1. The normalized spacial score (nSPS) is 10.3. The first-order valence-corrected chi connectivity index (χ1v) is 7.73. The quantitative estimate of drug-likeness (QED) is 0.570. The van der Waals surface area contributed by atoms with E-state index >= 15 is 0 Å². The summed E-state index contributed by atoms with van der Waals surface area (Å²) in [6.45, 7) is 1.28. The number of anilines is 1. The molecular weight excluding hydrogens is 396 g/mol. The van der Waals surface area contributed by atoms with E-state index in [0.717, 1.165) is 26.9 Å². The topological polar surface area (TPSA) is 137 Å². The Morgan fingerprint density at radius 2 is 2.04 bits per heavy atom. The molecule has 0 aliphatic carbocycles. The number of amides is 2. The predicted molar refractivity (Wildman–Crippen MR) is 93.4 cm³/mol. The van der Waals surface area contributed by atoms with Crippen LogP contribution in [0.25, 0.3) is 0 Å². The summed E-state index contributed by atoms with van der Waals surface area (Å²) in [7, 11) is 0. The lowest BCUT2D eigenvalue weighted by Gasteiger charge is -2.10. The van der Waals surface area contributed by atoms with Gasteiger partial charge in [-0.2, -0.15) is 0 Å². The highest BCUT2D eigenvalue weighted by Crippen LogP contribution is 2.20. The van der Waals surface area contributed by atoms with Crippen LogP contribution in [0.2, 0.25) is 0 Å². The molecule has 9 nitrogen and oxygen atoms in total. The molecule has 0 bridgehead atoms. The molecule has 25 heavy (non-hydrogen) atoms. The molecule has 2 aromatic rings. The molecule has 0 radical (unpaired) electrons. The number of halogens is 1. The summed E-state index contributed by atoms with van der Waals surface area (Å²) < 4.78 is 1.62. The third-order valence-corrected chi connectivity index (χ3v) is 3.82. The van der Waals surface area contributed by atoms with Crippen LogP contribution in [0.15, 0.2) is 39.7 Å². The van der Waals surface area contributed by atoms with Crippen molar-refractivity contribution < 1.29 is 14.5 Å². The van der Waals surface area contributed by atoms with Crippen molar-refractivity contribution in [2.75, 3.05) is 5.32 Å². The van der Waals surface area contributed by atoms with Gasteiger partial charge in [0.1, 0.15) is 12.1 Å². The molecule has 0 atom stereocenters. The Morgan fingerprint density at radius 3 is 2.60 bits per heavy atom. The number of carbonyl (C=O) groups excluding carboxylic acids is 2. The maximum atomic E-state index is 12.2. The zero-order chi connectivity index (χ0) is 18.7. The van der Waals surface area contributed by atoms with E-state index in [-0.39, 0.29) is 0 Å². The molecule has 3 N–H and O–H groups in total. The summed E-state index contributed by atoms with van der Waals surface area (Å²) in [6.07, 6.45) is 0.892. The van der Waals surface area contributed by atoms with Crippen molar-refractivity contribution in [2.45, 2.75) is 13.5 Å². The second-order valence-corrected chi connectivity index (χ2v) is 6.09. The first kappa shape index (κ1) is 18.3. The summed E-state index contributed by atoms with van der Waals surface area (Å²) in [5.41, 5.74) is 4.43. The molecule has 0 fully saturated rings. The minimum atomic E-state index is -1.10. The lowest BCUT2D eigenvalue weighted by Crippen LogP contribution is -2.33. The van der Waals surface area contributed by atoms with Gasteiger partial charge in [-0.3, -0.25) is 29.1 Å². The van der Waals surface area contributed by atoms with Gasteiger partial charge in [0.15, 0.2) is 0 Å².